The highest BCUT2D eigenvalue weighted by atomic mass is 32.1. The predicted molar refractivity (Wildman–Crippen MR) is 272 cm³/mol. The number of benzene rings is 9. The van der Waals surface area contributed by atoms with Gasteiger partial charge in [-0.25, -0.2) is 0 Å². The molecule has 0 radical (unpaired) electrons. The van der Waals surface area contributed by atoms with Crippen molar-refractivity contribution in [2.45, 2.75) is 25.7 Å². The summed E-state index contributed by atoms with van der Waals surface area (Å²) in [5.41, 5.74) is 18.5. The van der Waals surface area contributed by atoms with Gasteiger partial charge in [0.1, 0.15) is 11.2 Å². The molecule has 2 aromatic heterocycles. The van der Waals surface area contributed by atoms with Crippen molar-refractivity contribution >= 4 is 99.2 Å². The van der Waals surface area contributed by atoms with E-state index in [0.29, 0.717) is 0 Å². The van der Waals surface area contributed by atoms with Gasteiger partial charge in [0.2, 0.25) is 0 Å². The van der Waals surface area contributed by atoms with E-state index in [1.807, 2.05) is 17.4 Å². The first-order chi connectivity index (χ1) is 31.5. The van der Waals surface area contributed by atoms with Crippen molar-refractivity contribution in [2.24, 2.45) is 0 Å². The molecule has 0 atom stereocenters. The van der Waals surface area contributed by atoms with Gasteiger partial charge in [0.25, 0.3) is 0 Å². The van der Waals surface area contributed by atoms with E-state index < -0.39 is 0 Å². The molecular weight excluding hydrogens is 797 g/mol. The van der Waals surface area contributed by atoms with Crippen LogP contribution in [0.5, 0.6) is 0 Å². The predicted octanol–water partition coefficient (Wildman–Crippen LogP) is 17.3. The number of hydrogen-bond donors (Lipinski definition) is 0. The van der Waals surface area contributed by atoms with Crippen molar-refractivity contribution in [2.75, 3.05) is 9.80 Å². The molecule has 3 heterocycles. The number of para-hydroxylation sites is 1. The van der Waals surface area contributed by atoms with Crippen LogP contribution in [0, 0.1) is 0 Å². The quantitative estimate of drug-likeness (QED) is 0.156. The zero-order chi connectivity index (χ0) is 42.5. The molecule has 304 valence electrons. The summed E-state index contributed by atoms with van der Waals surface area (Å²) in [5.74, 6) is 0. The third-order valence-corrected chi connectivity index (χ3v) is 14.8. The number of thiophene rings is 1. The van der Waals surface area contributed by atoms with Crippen LogP contribution in [0.4, 0.5) is 34.1 Å². The summed E-state index contributed by atoms with van der Waals surface area (Å²) in [6.45, 7) is 4.75. The van der Waals surface area contributed by atoms with Gasteiger partial charge in [-0.05, 0) is 112 Å². The van der Waals surface area contributed by atoms with E-state index in [1.165, 1.54) is 64.8 Å². The zero-order valence-electron chi connectivity index (χ0n) is 35.5. The van der Waals surface area contributed by atoms with Crippen LogP contribution in [-0.2, 0) is 11.8 Å². The van der Waals surface area contributed by atoms with Gasteiger partial charge in [0.05, 0.1) is 20.8 Å². The lowest BCUT2D eigenvalue weighted by Gasteiger charge is -2.32. The Bertz CT molecular complexity index is 3690. The number of hydrogen-bond acceptors (Lipinski definition) is 4. The Morgan fingerprint density at radius 1 is 0.484 bits per heavy atom. The van der Waals surface area contributed by atoms with E-state index in [0.717, 1.165) is 62.4 Å². The van der Waals surface area contributed by atoms with Crippen LogP contribution >= 0.6 is 11.3 Å². The van der Waals surface area contributed by atoms with Crippen molar-refractivity contribution in [1.82, 2.24) is 0 Å². The minimum absolute atomic E-state index is 0.155. The highest BCUT2D eigenvalue weighted by Gasteiger charge is 2.36. The number of furan rings is 1. The highest BCUT2D eigenvalue weighted by molar-refractivity contribution is 7.27. The number of allylic oxidation sites excluding steroid dienone is 1. The van der Waals surface area contributed by atoms with Crippen molar-refractivity contribution < 1.29 is 4.42 Å². The van der Waals surface area contributed by atoms with Gasteiger partial charge < -0.3 is 14.2 Å². The van der Waals surface area contributed by atoms with Crippen LogP contribution in [-0.4, -0.2) is 0 Å². The van der Waals surface area contributed by atoms with E-state index in [-0.39, 0.29) is 5.41 Å². The molecule has 0 saturated carbocycles. The number of anilines is 6. The van der Waals surface area contributed by atoms with E-state index in [4.69, 9.17) is 4.42 Å². The fourth-order valence-electron chi connectivity index (χ4n) is 10.5. The Labute approximate surface area is 376 Å². The van der Waals surface area contributed by atoms with Crippen molar-refractivity contribution in [1.29, 1.82) is 0 Å². The van der Waals surface area contributed by atoms with Crippen LogP contribution in [0.1, 0.15) is 41.7 Å². The SMILES string of the molecule is CC1(C)c2ccccc2-c2ccc(N3c4cc(/C(=C\c5ccccc5)Cc5ccccc5)cc(c4)N(c4ccc5c(c4)oc4ccccc45)c4cccc5c4sc4c3cccc45)cc21. The summed E-state index contributed by atoms with van der Waals surface area (Å²) in [7, 11) is 0. The second kappa shape index (κ2) is 14.2. The van der Waals surface area contributed by atoms with Gasteiger partial charge in [0.15, 0.2) is 0 Å². The topological polar surface area (TPSA) is 19.6 Å². The monoisotopic (exact) mass is 838 g/mol. The average Bonchev–Trinajstić information content (AvgIpc) is 3.98. The molecule has 9 aromatic carbocycles. The normalized spacial score (nSPS) is 14.0. The molecule has 64 heavy (non-hydrogen) atoms. The molecule has 11 aromatic rings. The Hall–Kier alpha value is -7.66. The highest BCUT2D eigenvalue weighted by Crippen LogP contribution is 2.55. The van der Waals surface area contributed by atoms with Gasteiger partial charge in [0, 0.05) is 55.8 Å². The summed E-state index contributed by atoms with van der Waals surface area (Å²) >= 11 is 1.89. The van der Waals surface area contributed by atoms with Gasteiger partial charge >= 0.3 is 0 Å². The minimum atomic E-state index is -0.155. The molecule has 4 bridgehead atoms. The maximum atomic E-state index is 6.59. The van der Waals surface area contributed by atoms with Crippen LogP contribution in [0.25, 0.3) is 64.9 Å². The number of fused-ring (bicyclic) bond motifs is 9. The van der Waals surface area contributed by atoms with Crippen LogP contribution in [0.15, 0.2) is 205 Å². The van der Waals surface area contributed by atoms with E-state index in [9.17, 15) is 0 Å². The lowest BCUT2D eigenvalue weighted by Crippen LogP contribution is -2.17. The van der Waals surface area contributed by atoms with Crippen LogP contribution in [0.2, 0.25) is 0 Å². The molecule has 0 N–H and O–H groups in total. The number of nitrogens with zero attached hydrogens (tertiary/aromatic N) is 2. The Morgan fingerprint density at radius 3 is 1.83 bits per heavy atom. The summed E-state index contributed by atoms with van der Waals surface area (Å²) in [6, 6.07) is 73.6. The first kappa shape index (κ1) is 36.9. The molecule has 0 amide bonds. The van der Waals surface area contributed by atoms with Crippen molar-refractivity contribution in [3.05, 3.63) is 228 Å². The van der Waals surface area contributed by atoms with Gasteiger partial charge in [-0.3, -0.25) is 0 Å². The molecule has 0 spiro atoms. The van der Waals surface area contributed by atoms with Gasteiger partial charge in [-0.2, -0.15) is 0 Å². The smallest absolute Gasteiger partial charge is 0.137 e. The third-order valence-electron chi connectivity index (χ3n) is 13.6. The Balaban J connectivity index is 1.12. The third kappa shape index (κ3) is 5.72. The Kier molecular flexibility index (Phi) is 8.19. The molecule has 3 nitrogen and oxygen atoms in total. The van der Waals surface area contributed by atoms with Crippen molar-refractivity contribution in [3.8, 4) is 11.1 Å². The van der Waals surface area contributed by atoms with Gasteiger partial charge in [-0.15, -0.1) is 11.3 Å². The maximum absolute atomic E-state index is 6.59. The van der Waals surface area contributed by atoms with E-state index in [1.54, 1.807) is 0 Å². The summed E-state index contributed by atoms with van der Waals surface area (Å²) < 4.78 is 9.10. The molecule has 1 aliphatic heterocycles. The fourth-order valence-corrected chi connectivity index (χ4v) is 11.8. The second-order valence-corrected chi connectivity index (χ2v) is 18.8. The summed E-state index contributed by atoms with van der Waals surface area (Å²) in [6.07, 6.45) is 3.14. The van der Waals surface area contributed by atoms with E-state index >= 15 is 0 Å². The standard InChI is InChI=1S/C60H42N2OS/c1-60(2)52-23-11-9-19-46(52)47-29-27-42(36-53(47)60)61-44-33-41(40(31-38-15-5-3-6-16-38)32-39-17-7-4-8-18-39)34-45(35-44)62(43-28-30-49-48-20-10-12-26-56(48)63-57(49)37-43)55-25-14-22-51-50-21-13-24-54(61)58(50)64-59(51)55/h3-31,33-37H,32H2,1-2H3/b40-31-. The van der Waals surface area contributed by atoms with E-state index in [2.05, 4.69) is 224 Å². The van der Waals surface area contributed by atoms with Crippen LogP contribution in [0.3, 0.4) is 0 Å². The maximum Gasteiger partial charge on any atom is 0.137 e. The largest absolute Gasteiger partial charge is 0.456 e. The minimum Gasteiger partial charge on any atom is -0.456 e. The average molecular weight is 839 g/mol. The first-order valence-corrected chi connectivity index (χ1v) is 22.9. The van der Waals surface area contributed by atoms with Gasteiger partial charge in [-0.1, -0.05) is 153 Å². The molecule has 0 fully saturated rings. The molecule has 0 unspecified atom stereocenters. The van der Waals surface area contributed by atoms with Crippen LogP contribution < -0.4 is 9.80 Å². The first-order valence-electron chi connectivity index (χ1n) is 22.1. The van der Waals surface area contributed by atoms with Crippen molar-refractivity contribution in [3.63, 3.8) is 0 Å². The summed E-state index contributed by atoms with van der Waals surface area (Å²) in [5, 5.41) is 4.75. The lowest BCUT2D eigenvalue weighted by molar-refractivity contribution is 0.660. The molecular formula is C60H42N2OS. The molecule has 2 aliphatic rings. The fraction of sp³-hybridized carbons (Fsp3) is 0.0667. The molecule has 0 saturated heterocycles. The molecule has 1 aliphatic carbocycles. The molecule has 4 heteroatoms. The lowest BCUT2D eigenvalue weighted by atomic mass is 9.82. The Morgan fingerprint density at radius 2 is 1.08 bits per heavy atom. The molecule has 13 rings (SSSR count). The second-order valence-electron chi connectivity index (χ2n) is 17.7. The number of rotatable bonds is 6. The zero-order valence-corrected chi connectivity index (χ0v) is 36.4. The summed E-state index contributed by atoms with van der Waals surface area (Å²) in [4.78, 5) is 4.99.